The molecule has 2 heteroatoms. The van der Waals surface area contributed by atoms with Crippen LogP contribution in [-0.2, 0) is 19.4 Å². The van der Waals surface area contributed by atoms with Gasteiger partial charge in [-0.3, -0.25) is 0 Å². The first kappa shape index (κ1) is 24.1. The van der Waals surface area contributed by atoms with Crippen molar-refractivity contribution in [2.75, 3.05) is 11.9 Å². The molecule has 0 aliphatic heterocycles. The molecule has 5 aromatic carbocycles. The normalized spacial score (nSPS) is 11.3. The number of hydrogen-bond acceptors (Lipinski definition) is 1. The molecule has 0 atom stereocenters. The van der Waals surface area contributed by atoms with Crippen LogP contribution in [0.2, 0.25) is 0 Å². The predicted octanol–water partition coefficient (Wildman–Crippen LogP) is 9.14. The average Bonchev–Trinajstić information content (AvgIpc) is 3.30. The van der Waals surface area contributed by atoms with E-state index in [-0.39, 0.29) is 0 Å². The van der Waals surface area contributed by atoms with Crippen LogP contribution < -0.4 is 5.32 Å². The van der Waals surface area contributed by atoms with Crippen LogP contribution in [0.5, 0.6) is 0 Å². The van der Waals surface area contributed by atoms with E-state index < -0.39 is 0 Å². The molecule has 1 heterocycles. The summed E-state index contributed by atoms with van der Waals surface area (Å²) in [4.78, 5) is 0. The maximum absolute atomic E-state index is 3.69. The van der Waals surface area contributed by atoms with Crippen molar-refractivity contribution in [3.8, 4) is 11.1 Å². The zero-order valence-corrected chi connectivity index (χ0v) is 21.8. The highest BCUT2D eigenvalue weighted by Crippen LogP contribution is 2.30. The summed E-state index contributed by atoms with van der Waals surface area (Å²) in [5.74, 6) is 0. The van der Waals surface area contributed by atoms with Crippen LogP contribution in [-0.4, -0.2) is 11.1 Å². The van der Waals surface area contributed by atoms with E-state index in [1.165, 1.54) is 49.7 Å². The minimum absolute atomic E-state index is 0.958. The largest absolute Gasteiger partial charge is 0.385 e. The molecule has 0 bridgehead atoms. The third kappa shape index (κ3) is 5.08. The van der Waals surface area contributed by atoms with Crippen molar-refractivity contribution in [3.05, 3.63) is 139 Å². The summed E-state index contributed by atoms with van der Waals surface area (Å²) in [6.45, 7) is 1.99. The monoisotopic (exact) mass is 494 g/mol. The third-order valence-electron chi connectivity index (χ3n) is 7.58. The molecule has 0 fully saturated rings. The minimum Gasteiger partial charge on any atom is -0.385 e. The highest BCUT2D eigenvalue weighted by Gasteiger charge is 2.10. The molecule has 2 nitrogen and oxygen atoms in total. The maximum Gasteiger partial charge on any atom is 0.0491 e. The van der Waals surface area contributed by atoms with Crippen molar-refractivity contribution >= 4 is 27.5 Å². The molecule has 1 aromatic heterocycles. The summed E-state index contributed by atoms with van der Waals surface area (Å²) in [6, 6.07) is 45.8. The zero-order valence-electron chi connectivity index (χ0n) is 21.8. The van der Waals surface area contributed by atoms with E-state index in [1.54, 1.807) is 0 Å². The first-order chi connectivity index (χ1) is 18.9. The van der Waals surface area contributed by atoms with Crippen LogP contribution in [0.25, 0.3) is 32.9 Å². The lowest BCUT2D eigenvalue weighted by molar-refractivity contribution is 0.673. The van der Waals surface area contributed by atoms with Gasteiger partial charge in [-0.2, -0.15) is 0 Å². The fourth-order valence-corrected chi connectivity index (χ4v) is 5.73. The second-order valence-corrected chi connectivity index (χ2v) is 10.0. The van der Waals surface area contributed by atoms with Gasteiger partial charge in [-0.1, -0.05) is 109 Å². The van der Waals surface area contributed by atoms with Crippen LogP contribution in [0.15, 0.2) is 127 Å². The lowest BCUT2D eigenvalue weighted by Crippen LogP contribution is -2.06. The standard InChI is InChI=1S/C36H34N2/c1-2-16-30(17-3-1)31-20-6-9-23-34(31)37-26-12-18-28-14-4-5-15-29(28)19-13-27-38-35-24-10-7-21-32(35)33-22-8-11-25-36(33)38/h1-11,14-17,20-25,37H,12-13,18-19,26-27H2. The fourth-order valence-electron chi connectivity index (χ4n) is 5.73. The van der Waals surface area contributed by atoms with Crippen LogP contribution in [0, 0.1) is 0 Å². The van der Waals surface area contributed by atoms with Gasteiger partial charge in [-0.05, 0) is 60.6 Å². The second-order valence-electron chi connectivity index (χ2n) is 10.0. The molecule has 1 N–H and O–H groups in total. The summed E-state index contributed by atoms with van der Waals surface area (Å²) >= 11 is 0. The van der Waals surface area contributed by atoms with Crippen molar-refractivity contribution < 1.29 is 0 Å². The molecule has 6 aromatic rings. The third-order valence-corrected chi connectivity index (χ3v) is 7.58. The fraction of sp³-hybridized carbons (Fsp3) is 0.167. The summed E-state index contributed by atoms with van der Waals surface area (Å²) in [7, 11) is 0. The smallest absolute Gasteiger partial charge is 0.0491 e. The second kappa shape index (κ2) is 11.4. The van der Waals surface area contributed by atoms with E-state index in [9.17, 15) is 0 Å². The van der Waals surface area contributed by atoms with E-state index in [0.717, 1.165) is 38.8 Å². The SMILES string of the molecule is c1ccc(-c2ccccc2NCCCc2ccccc2CCCn2c3ccccc3c3ccccc32)cc1. The highest BCUT2D eigenvalue weighted by atomic mass is 15.0. The molecule has 6 rings (SSSR count). The summed E-state index contributed by atoms with van der Waals surface area (Å²) in [6.07, 6.45) is 4.42. The van der Waals surface area contributed by atoms with Crippen molar-refractivity contribution in [1.82, 2.24) is 4.57 Å². The molecule has 0 aliphatic carbocycles. The van der Waals surface area contributed by atoms with E-state index in [4.69, 9.17) is 0 Å². The molecular formula is C36H34N2. The Morgan fingerprint density at radius 2 is 1.05 bits per heavy atom. The molecule has 0 radical (unpaired) electrons. The Kier molecular flexibility index (Phi) is 7.22. The van der Waals surface area contributed by atoms with Crippen molar-refractivity contribution in [3.63, 3.8) is 0 Å². The number of nitrogens with one attached hydrogen (secondary N) is 1. The first-order valence-electron chi connectivity index (χ1n) is 13.8. The lowest BCUT2D eigenvalue weighted by atomic mass is 9.99. The molecule has 38 heavy (non-hydrogen) atoms. The molecule has 0 saturated carbocycles. The molecule has 0 unspecified atom stereocenters. The van der Waals surface area contributed by atoms with Gasteiger partial charge in [0.2, 0.25) is 0 Å². The Bertz CT molecular complexity index is 1590. The Morgan fingerprint density at radius 1 is 0.500 bits per heavy atom. The number of benzene rings is 5. The Balaban J connectivity index is 1.09. The zero-order chi connectivity index (χ0) is 25.6. The summed E-state index contributed by atoms with van der Waals surface area (Å²) in [5, 5.41) is 6.40. The Morgan fingerprint density at radius 3 is 1.76 bits per heavy atom. The number of anilines is 1. The molecule has 0 spiro atoms. The molecule has 0 amide bonds. The number of aryl methyl sites for hydroxylation is 3. The van der Waals surface area contributed by atoms with Crippen LogP contribution in [0.4, 0.5) is 5.69 Å². The van der Waals surface area contributed by atoms with Gasteiger partial charge in [0.15, 0.2) is 0 Å². The van der Waals surface area contributed by atoms with Gasteiger partial charge >= 0.3 is 0 Å². The van der Waals surface area contributed by atoms with Gasteiger partial charge in [-0.25, -0.2) is 0 Å². The van der Waals surface area contributed by atoms with Gasteiger partial charge < -0.3 is 9.88 Å². The van der Waals surface area contributed by atoms with E-state index in [0.29, 0.717) is 0 Å². The van der Waals surface area contributed by atoms with E-state index in [2.05, 4.69) is 137 Å². The average molecular weight is 495 g/mol. The molecular weight excluding hydrogens is 460 g/mol. The first-order valence-corrected chi connectivity index (χ1v) is 13.8. The molecule has 0 aliphatic rings. The number of fused-ring (bicyclic) bond motifs is 3. The van der Waals surface area contributed by atoms with Gasteiger partial charge in [0, 0.05) is 46.1 Å². The quantitative estimate of drug-likeness (QED) is 0.188. The Labute approximate surface area is 225 Å². The van der Waals surface area contributed by atoms with Gasteiger partial charge in [-0.15, -0.1) is 0 Å². The molecule has 0 saturated heterocycles. The highest BCUT2D eigenvalue weighted by molar-refractivity contribution is 6.07. The van der Waals surface area contributed by atoms with Crippen LogP contribution in [0.1, 0.15) is 24.0 Å². The topological polar surface area (TPSA) is 17.0 Å². The minimum atomic E-state index is 0.958. The number of rotatable bonds is 10. The predicted molar refractivity (Wildman–Crippen MR) is 163 cm³/mol. The number of aromatic nitrogens is 1. The van der Waals surface area contributed by atoms with Crippen LogP contribution in [0.3, 0.4) is 0 Å². The van der Waals surface area contributed by atoms with Crippen molar-refractivity contribution in [2.24, 2.45) is 0 Å². The number of para-hydroxylation sites is 3. The van der Waals surface area contributed by atoms with Gasteiger partial charge in [0.25, 0.3) is 0 Å². The van der Waals surface area contributed by atoms with E-state index >= 15 is 0 Å². The molecule has 188 valence electrons. The number of nitrogens with zero attached hydrogens (tertiary/aromatic N) is 1. The Hall–Kier alpha value is -4.30. The van der Waals surface area contributed by atoms with Crippen molar-refractivity contribution in [1.29, 1.82) is 0 Å². The van der Waals surface area contributed by atoms with Crippen molar-refractivity contribution in [2.45, 2.75) is 32.2 Å². The van der Waals surface area contributed by atoms with E-state index in [1.807, 2.05) is 0 Å². The van der Waals surface area contributed by atoms with Crippen LogP contribution >= 0.6 is 0 Å². The van der Waals surface area contributed by atoms with Gasteiger partial charge in [0.1, 0.15) is 0 Å². The summed E-state index contributed by atoms with van der Waals surface area (Å²) in [5.41, 5.74) is 9.36. The van der Waals surface area contributed by atoms with Gasteiger partial charge in [0.05, 0.1) is 0 Å². The number of hydrogen-bond donors (Lipinski definition) is 1. The lowest BCUT2D eigenvalue weighted by Gasteiger charge is -2.14. The maximum atomic E-state index is 3.69. The summed E-state index contributed by atoms with van der Waals surface area (Å²) < 4.78 is 2.50.